The minimum absolute atomic E-state index is 0.0410. The largest absolute Gasteiger partial charge is 0.392 e. The molecule has 0 spiro atoms. The summed E-state index contributed by atoms with van der Waals surface area (Å²) in [4.78, 5) is 0.140. The molecule has 0 amide bonds. The molecule has 0 bridgehead atoms. The maximum Gasteiger partial charge on any atom is 0.240 e. The maximum absolute atomic E-state index is 12.3. The molecule has 1 saturated carbocycles. The first-order valence-corrected chi connectivity index (χ1v) is 9.45. The molecule has 1 fully saturated rings. The maximum atomic E-state index is 12.3. The van der Waals surface area contributed by atoms with Gasteiger partial charge in [-0.1, -0.05) is 18.0 Å². The molecule has 2 N–H and O–H groups in total. The molecule has 1 aliphatic rings. The quantitative estimate of drug-likeness (QED) is 0.837. The number of rotatable bonds is 6. The summed E-state index contributed by atoms with van der Waals surface area (Å²) >= 11 is 7.59. The number of aliphatic hydroxyl groups is 1. The first-order chi connectivity index (χ1) is 9.42. The standard InChI is InChI=1S/C13H18ClNO3S2/c1-19-13(5-2-6-13)9-15-20(17,18)11-3-4-12(14)10(7-11)8-16/h3-4,7,15-16H,2,5-6,8-9H2,1H3. The second kappa shape index (κ2) is 6.23. The summed E-state index contributed by atoms with van der Waals surface area (Å²) in [6, 6.07) is 4.36. The van der Waals surface area contributed by atoms with Gasteiger partial charge in [0, 0.05) is 16.3 Å². The minimum Gasteiger partial charge on any atom is -0.392 e. The van der Waals surface area contributed by atoms with Gasteiger partial charge in [-0.25, -0.2) is 13.1 Å². The highest BCUT2D eigenvalue weighted by atomic mass is 35.5. The van der Waals surface area contributed by atoms with E-state index < -0.39 is 10.0 Å². The Balaban J connectivity index is 2.14. The Kier molecular flexibility index (Phi) is 5.02. The molecule has 0 atom stereocenters. The molecule has 0 radical (unpaired) electrons. The van der Waals surface area contributed by atoms with Crippen molar-refractivity contribution in [3.63, 3.8) is 0 Å². The van der Waals surface area contributed by atoms with Gasteiger partial charge >= 0.3 is 0 Å². The van der Waals surface area contributed by atoms with E-state index in [1.807, 2.05) is 6.26 Å². The van der Waals surface area contributed by atoms with E-state index >= 15 is 0 Å². The van der Waals surface area contributed by atoms with E-state index in [-0.39, 0.29) is 16.2 Å². The third-order valence-electron chi connectivity index (χ3n) is 3.78. The van der Waals surface area contributed by atoms with E-state index in [0.29, 0.717) is 17.1 Å². The first kappa shape index (κ1) is 16.1. The lowest BCUT2D eigenvalue weighted by Crippen LogP contribution is -2.45. The summed E-state index contributed by atoms with van der Waals surface area (Å²) in [6.45, 7) is 0.157. The van der Waals surface area contributed by atoms with E-state index in [1.54, 1.807) is 11.8 Å². The van der Waals surface area contributed by atoms with Crippen molar-refractivity contribution in [3.8, 4) is 0 Å². The molecule has 112 valence electrons. The first-order valence-electron chi connectivity index (χ1n) is 6.36. The number of benzene rings is 1. The topological polar surface area (TPSA) is 66.4 Å². The van der Waals surface area contributed by atoms with Crippen LogP contribution in [0, 0.1) is 0 Å². The Morgan fingerprint density at radius 3 is 2.65 bits per heavy atom. The van der Waals surface area contributed by atoms with Crippen molar-refractivity contribution >= 4 is 33.4 Å². The molecule has 1 aliphatic carbocycles. The van der Waals surface area contributed by atoms with Crippen LogP contribution in [-0.4, -0.2) is 31.1 Å². The Morgan fingerprint density at radius 2 is 2.15 bits per heavy atom. The third kappa shape index (κ3) is 3.31. The molecule has 0 aromatic heterocycles. The monoisotopic (exact) mass is 335 g/mol. The van der Waals surface area contributed by atoms with Gasteiger partial charge < -0.3 is 5.11 Å². The van der Waals surface area contributed by atoms with Crippen molar-refractivity contribution in [1.82, 2.24) is 4.72 Å². The van der Waals surface area contributed by atoms with E-state index in [4.69, 9.17) is 16.7 Å². The average Bonchev–Trinajstić information content (AvgIpc) is 2.38. The van der Waals surface area contributed by atoms with Crippen molar-refractivity contribution < 1.29 is 13.5 Å². The van der Waals surface area contributed by atoms with Crippen molar-refractivity contribution in [2.24, 2.45) is 0 Å². The number of sulfonamides is 1. The zero-order valence-corrected chi connectivity index (χ0v) is 13.6. The summed E-state index contributed by atoms with van der Waals surface area (Å²) in [5.74, 6) is 0. The molecule has 0 saturated heterocycles. The molecule has 0 heterocycles. The van der Waals surface area contributed by atoms with Gasteiger partial charge in [0.2, 0.25) is 10.0 Å². The average molecular weight is 336 g/mol. The van der Waals surface area contributed by atoms with Crippen LogP contribution in [0.2, 0.25) is 5.02 Å². The lowest BCUT2D eigenvalue weighted by Gasteiger charge is -2.40. The van der Waals surface area contributed by atoms with Gasteiger partial charge in [0.05, 0.1) is 11.5 Å². The van der Waals surface area contributed by atoms with Crippen LogP contribution < -0.4 is 4.72 Å². The lowest BCUT2D eigenvalue weighted by atomic mass is 9.84. The highest BCUT2D eigenvalue weighted by molar-refractivity contribution is 8.00. The fourth-order valence-electron chi connectivity index (χ4n) is 2.17. The zero-order chi connectivity index (χ0) is 14.8. The van der Waals surface area contributed by atoms with Crippen LogP contribution in [0.1, 0.15) is 24.8 Å². The van der Waals surface area contributed by atoms with E-state index in [0.717, 1.165) is 19.3 Å². The Bertz CT molecular complexity index is 580. The number of aliphatic hydroxyl groups excluding tert-OH is 1. The van der Waals surface area contributed by atoms with Crippen LogP contribution in [0.4, 0.5) is 0 Å². The van der Waals surface area contributed by atoms with Gasteiger partial charge in [-0.3, -0.25) is 0 Å². The smallest absolute Gasteiger partial charge is 0.240 e. The number of nitrogens with one attached hydrogen (secondary N) is 1. The van der Waals surface area contributed by atoms with Crippen LogP contribution in [0.15, 0.2) is 23.1 Å². The number of thioether (sulfide) groups is 1. The van der Waals surface area contributed by atoms with Gasteiger partial charge in [-0.05, 0) is 42.9 Å². The summed E-state index contributed by atoms with van der Waals surface area (Å²) in [5.41, 5.74) is 0.415. The van der Waals surface area contributed by atoms with Crippen molar-refractivity contribution in [1.29, 1.82) is 0 Å². The summed E-state index contributed by atoms with van der Waals surface area (Å²) in [6.07, 6.45) is 5.25. The zero-order valence-electron chi connectivity index (χ0n) is 11.2. The molecule has 2 rings (SSSR count). The second-order valence-electron chi connectivity index (χ2n) is 4.98. The van der Waals surface area contributed by atoms with Gasteiger partial charge in [-0.2, -0.15) is 11.8 Å². The predicted molar refractivity (Wildman–Crippen MR) is 82.7 cm³/mol. The van der Waals surface area contributed by atoms with E-state index in [2.05, 4.69) is 4.72 Å². The predicted octanol–water partition coefficient (Wildman–Crippen LogP) is 2.40. The van der Waals surface area contributed by atoms with Crippen LogP contribution >= 0.6 is 23.4 Å². The highest BCUT2D eigenvalue weighted by Gasteiger charge is 2.37. The molecule has 0 unspecified atom stereocenters. The fourth-order valence-corrected chi connectivity index (χ4v) is 4.53. The number of hydrogen-bond donors (Lipinski definition) is 2. The normalized spacial score (nSPS) is 17.8. The van der Waals surface area contributed by atoms with Gasteiger partial charge in [0.15, 0.2) is 0 Å². The summed E-state index contributed by atoms with van der Waals surface area (Å²) in [5, 5.41) is 9.52. The van der Waals surface area contributed by atoms with Gasteiger partial charge in [0.1, 0.15) is 0 Å². The molecular weight excluding hydrogens is 318 g/mol. The van der Waals surface area contributed by atoms with Crippen LogP contribution in [-0.2, 0) is 16.6 Å². The molecule has 1 aromatic rings. The Morgan fingerprint density at radius 1 is 1.45 bits per heavy atom. The molecule has 20 heavy (non-hydrogen) atoms. The Labute approximate surface area is 129 Å². The van der Waals surface area contributed by atoms with Gasteiger partial charge in [0.25, 0.3) is 0 Å². The molecular formula is C13H18ClNO3S2. The Hall–Kier alpha value is -0.270. The minimum atomic E-state index is -3.56. The van der Waals surface area contributed by atoms with Crippen molar-refractivity contribution in [2.45, 2.75) is 35.5 Å². The van der Waals surface area contributed by atoms with Gasteiger partial charge in [-0.15, -0.1) is 0 Å². The molecule has 1 aromatic carbocycles. The third-order valence-corrected chi connectivity index (χ3v) is 6.97. The molecule has 4 nitrogen and oxygen atoms in total. The van der Waals surface area contributed by atoms with Crippen LogP contribution in [0.5, 0.6) is 0 Å². The highest BCUT2D eigenvalue weighted by Crippen LogP contribution is 2.42. The van der Waals surface area contributed by atoms with E-state index in [9.17, 15) is 8.42 Å². The molecule has 0 aliphatic heterocycles. The van der Waals surface area contributed by atoms with Crippen molar-refractivity contribution in [3.05, 3.63) is 28.8 Å². The number of halogens is 1. The summed E-state index contributed by atoms with van der Waals surface area (Å²) < 4.78 is 27.2. The van der Waals surface area contributed by atoms with Crippen molar-refractivity contribution in [2.75, 3.05) is 12.8 Å². The fraction of sp³-hybridized carbons (Fsp3) is 0.538. The number of hydrogen-bond acceptors (Lipinski definition) is 4. The lowest BCUT2D eigenvalue weighted by molar-refractivity contribution is 0.281. The summed E-state index contributed by atoms with van der Waals surface area (Å²) in [7, 11) is -3.56. The SMILES string of the molecule is CSC1(CNS(=O)(=O)c2ccc(Cl)c(CO)c2)CCC1. The van der Waals surface area contributed by atoms with E-state index in [1.165, 1.54) is 18.2 Å². The molecule has 7 heteroatoms. The second-order valence-corrected chi connectivity index (χ2v) is 8.42. The van der Waals surface area contributed by atoms with Crippen LogP contribution in [0.3, 0.4) is 0 Å². The van der Waals surface area contributed by atoms with Crippen LogP contribution in [0.25, 0.3) is 0 Å².